The third kappa shape index (κ3) is 6.90. The highest BCUT2D eigenvalue weighted by atomic mass is 35.5. The van der Waals surface area contributed by atoms with Crippen molar-refractivity contribution in [2.75, 3.05) is 39.8 Å². The van der Waals surface area contributed by atoms with Gasteiger partial charge in [-0.25, -0.2) is 0 Å². The van der Waals surface area contributed by atoms with Crippen LogP contribution in [0.3, 0.4) is 0 Å². The molecule has 0 atom stereocenters. The summed E-state index contributed by atoms with van der Waals surface area (Å²) in [5.74, 6) is 0.114. The maximum Gasteiger partial charge on any atom is 0.236 e. The quantitative estimate of drug-likeness (QED) is 0.861. The Balaban J connectivity index is 0.00000220. The summed E-state index contributed by atoms with van der Waals surface area (Å²) in [6, 6.07) is 5.36. The molecule has 0 bridgehead atoms. The summed E-state index contributed by atoms with van der Waals surface area (Å²) >= 11 is 11.9. The van der Waals surface area contributed by atoms with Gasteiger partial charge in [-0.05, 0) is 23.8 Å². The van der Waals surface area contributed by atoms with Gasteiger partial charge in [0.15, 0.2) is 0 Å². The molecule has 1 fully saturated rings. The molecule has 0 saturated carbocycles. The summed E-state index contributed by atoms with van der Waals surface area (Å²) in [5.41, 5.74) is 0.943. The van der Waals surface area contributed by atoms with E-state index in [-0.39, 0.29) is 30.7 Å². The van der Waals surface area contributed by atoms with E-state index in [0.29, 0.717) is 23.1 Å². The average molecular weight is 389 g/mol. The van der Waals surface area contributed by atoms with Gasteiger partial charge in [-0.2, -0.15) is 0 Å². The Morgan fingerprint density at radius 3 is 2.27 bits per heavy atom. The summed E-state index contributed by atoms with van der Waals surface area (Å²) in [6.45, 7) is 4.71. The second-order valence-electron chi connectivity index (χ2n) is 5.05. The largest absolute Gasteiger partial charge is 0.340 e. The number of halogens is 4. The first-order valence-corrected chi connectivity index (χ1v) is 7.42. The lowest BCUT2D eigenvalue weighted by molar-refractivity contribution is -0.131. The van der Waals surface area contributed by atoms with E-state index in [0.717, 1.165) is 31.7 Å². The van der Waals surface area contributed by atoms with Crippen molar-refractivity contribution in [3.05, 3.63) is 33.8 Å². The van der Waals surface area contributed by atoms with Gasteiger partial charge in [-0.3, -0.25) is 9.69 Å². The van der Waals surface area contributed by atoms with E-state index in [2.05, 4.69) is 10.2 Å². The summed E-state index contributed by atoms with van der Waals surface area (Å²) in [4.78, 5) is 16.1. The molecule has 1 heterocycles. The van der Waals surface area contributed by atoms with E-state index in [1.807, 2.05) is 12.1 Å². The van der Waals surface area contributed by atoms with Gasteiger partial charge in [0.25, 0.3) is 0 Å². The highest BCUT2D eigenvalue weighted by Gasteiger charge is 2.16. The van der Waals surface area contributed by atoms with Gasteiger partial charge < -0.3 is 10.2 Å². The SMILES string of the molecule is CN(Cc1cc(Cl)cc(Cl)c1)C(=O)CN1CCNCC1.Cl.Cl. The number of carbonyl (C=O) groups is 1. The first kappa shape index (κ1) is 21.8. The number of carbonyl (C=O) groups excluding carboxylic acids is 1. The van der Waals surface area contributed by atoms with E-state index in [4.69, 9.17) is 23.2 Å². The zero-order chi connectivity index (χ0) is 14.5. The van der Waals surface area contributed by atoms with Crippen LogP contribution in [-0.4, -0.2) is 55.5 Å². The second kappa shape index (κ2) is 10.5. The van der Waals surface area contributed by atoms with Gasteiger partial charge in [-0.15, -0.1) is 24.8 Å². The van der Waals surface area contributed by atoms with E-state index in [1.54, 1.807) is 18.0 Å². The van der Waals surface area contributed by atoms with E-state index >= 15 is 0 Å². The standard InChI is InChI=1S/C14H19Cl2N3O.2ClH/c1-18(9-11-6-12(15)8-13(16)7-11)14(20)10-19-4-2-17-3-5-19;;/h6-8,17H,2-5,9-10H2,1H3;2*1H. The van der Waals surface area contributed by atoms with Crippen molar-refractivity contribution in [3.63, 3.8) is 0 Å². The van der Waals surface area contributed by atoms with Crippen LogP contribution < -0.4 is 5.32 Å². The molecule has 1 aromatic carbocycles. The van der Waals surface area contributed by atoms with Gasteiger partial charge in [0.1, 0.15) is 0 Å². The van der Waals surface area contributed by atoms with Crippen LogP contribution in [0.4, 0.5) is 0 Å². The van der Waals surface area contributed by atoms with Crippen molar-refractivity contribution in [3.8, 4) is 0 Å². The minimum atomic E-state index is 0. The van der Waals surface area contributed by atoms with Gasteiger partial charge in [0.05, 0.1) is 6.54 Å². The van der Waals surface area contributed by atoms with Gasteiger partial charge in [-0.1, -0.05) is 23.2 Å². The summed E-state index contributed by atoms with van der Waals surface area (Å²) in [7, 11) is 1.80. The number of hydrogen-bond donors (Lipinski definition) is 1. The van der Waals surface area contributed by atoms with Crippen LogP contribution in [0.2, 0.25) is 10.0 Å². The molecule has 126 valence electrons. The number of nitrogens with one attached hydrogen (secondary N) is 1. The maximum absolute atomic E-state index is 12.2. The average Bonchev–Trinajstić information content (AvgIpc) is 2.38. The van der Waals surface area contributed by atoms with Crippen molar-refractivity contribution in [1.82, 2.24) is 15.1 Å². The van der Waals surface area contributed by atoms with Crippen molar-refractivity contribution in [1.29, 1.82) is 0 Å². The Hall–Kier alpha value is -0.230. The monoisotopic (exact) mass is 387 g/mol. The normalized spacial score (nSPS) is 14.7. The summed E-state index contributed by atoms with van der Waals surface area (Å²) < 4.78 is 0. The number of rotatable bonds is 4. The molecule has 1 aromatic rings. The Morgan fingerprint density at radius 2 is 1.73 bits per heavy atom. The Labute approximate surface area is 153 Å². The minimum Gasteiger partial charge on any atom is -0.340 e. The van der Waals surface area contributed by atoms with Crippen molar-refractivity contribution >= 4 is 53.9 Å². The first-order valence-electron chi connectivity index (χ1n) is 6.66. The molecule has 0 spiro atoms. The second-order valence-corrected chi connectivity index (χ2v) is 5.93. The topological polar surface area (TPSA) is 35.6 Å². The molecule has 22 heavy (non-hydrogen) atoms. The molecule has 1 N–H and O–H groups in total. The fraction of sp³-hybridized carbons (Fsp3) is 0.500. The minimum absolute atomic E-state index is 0. The molecule has 1 aliphatic rings. The lowest BCUT2D eigenvalue weighted by atomic mass is 10.2. The van der Waals surface area contributed by atoms with Crippen molar-refractivity contribution in [2.24, 2.45) is 0 Å². The number of nitrogens with zero attached hydrogens (tertiary/aromatic N) is 2. The fourth-order valence-corrected chi connectivity index (χ4v) is 2.82. The number of benzene rings is 1. The molecular formula is C14H21Cl4N3O. The number of piperazine rings is 1. The van der Waals surface area contributed by atoms with E-state index < -0.39 is 0 Å². The molecular weight excluding hydrogens is 368 g/mol. The molecule has 0 unspecified atom stereocenters. The van der Waals surface area contributed by atoms with Crippen LogP contribution in [0, 0.1) is 0 Å². The molecule has 1 saturated heterocycles. The molecule has 1 amide bonds. The zero-order valence-electron chi connectivity index (χ0n) is 12.3. The summed E-state index contributed by atoms with van der Waals surface area (Å²) in [5, 5.41) is 4.46. The van der Waals surface area contributed by atoms with Crippen molar-refractivity contribution < 1.29 is 4.79 Å². The Kier molecular flexibility index (Phi) is 10.4. The van der Waals surface area contributed by atoms with Gasteiger partial charge in [0.2, 0.25) is 5.91 Å². The van der Waals surface area contributed by atoms with Gasteiger partial charge in [0, 0.05) is 49.8 Å². The van der Waals surface area contributed by atoms with Crippen LogP contribution in [0.5, 0.6) is 0 Å². The Morgan fingerprint density at radius 1 is 1.18 bits per heavy atom. The van der Waals surface area contributed by atoms with Crippen LogP contribution >= 0.6 is 48.0 Å². The zero-order valence-corrected chi connectivity index (χ0v) is 15.5. The lowest BCUT2D eigenvalue weighted by Gasteiger charge is -2.28. The Bertz CT molecular complexity index is 461. The molecule has 8 heteroatoms. The summed E-state index contributed by atoms with van der Waals surface area (Å²) in [6.07, 6.45) is 0. The predicted octanol–water partition coefficient (Wildman–Crippen LogP) is 2.70. The van der Waals surface area contributed by atoms with Crippen LogP contribution in [0.1, 0.15) is 5.56 Å². The number of hydrogen-bond acceptors (Lipinski definition) is 3. The molecule has 0 aromatic heterocycles. The maximum atomic E-state index is 12.2. The van der Waals surface area contributed by atoms with Crippen LogP contribution in [0.15, 0.2) is 18.2 Å². The molecule has 1 aliphatic heterocycles. The van der Waals surface area contributed by atoms with Crippen LogP contribution in [-0.2, 0) is 11.3 Å². The molecule has 4 nitrogen and oxygen atoms in total. The molecule has 0 aliphatic carbocycles. The molecule has 2 rings (SSSR count). The number of likely N-dealkylation sites (N-methyl/N-ethyl adjacent to an activating group) is 1. The third-order valence-corrected chi connectivity index (χ3v) is 3.77. The van der Waals surface area contributed by atoms with Crippen molar-refractivity contribution in [2.45, 2.75) is 6.54 Å². The fourth-order valence-electron chi connectivity index (χ4n) is 2.25. The van der Waals surface area contributed by atoms with E-state index in [9.17, 15) is 4.79 Å². The van der Waals surface area contributed by atoms with Gasteiger partial charge >= 0.3 is 0 Å². The van der Waals surface area contributed by atoms with E-state index in [1.165, 1.54) is 0 Å². The first-order chi connectivity index (χ1) is 9.54. The smallest absolute Gasteiger partial charge is 0.236 e. The highest BCUT2D eigenvalue weighted by molar-refractivity contribution is 6.34. The predicted molar refractivity (Wildman–Crippen MR) is 96.7 cm³/mol. The molecule has 0 radical (unpaired) electrons. The van der Waals surface area contributed by atoms with Crippen LogP contribution in [0.25, 0.3) is 0 Å². The lowest BCUT2D eigenvalue weighted by Crippen LogP contribution is -2.47. The third-order valence-electron chi connectivity index (χ3n) is 3.34. The highest BCUT2D eigenvalue weighted by Crippen LogP contribution is 2.19. The number of amides is 1.